The summed E-state index contributed by atoms with van der Waals surface area (Å²) in [5.74, 6) is 1.02. The summed E-state index contributed by atoms with van der Waals surface area (Å²) >= 11 is 1.73. The van der Waals surface area contributed by atoms with Crippen LogP contribution in [0.4, 0.5) is 5.69 Å². The fraction of sp³-hybridized carbons (Fsp3) is 0.222. The molecule has 0 spiro atoms. The molecule has 1 rings (SSSR count). The van der Waals surface area contributed by atoms with E-state index >= 15 is 0 Å². The molecule has 2 nitrogen and oxygen atoms in total. The number of rotatable bonds is 3. The van der Waals surface area contributed by atoms with E-state index in [1.54, 1.807) is 17.8 Å². The summed E-state index contributed by atoms with van der Waals surface area (Å²) in [7, 11) is 0. The molecule has 12 heavy (non-hydrogen) atoms. The van der Waals surface area contributed by atoms with Gasteiger partial charge in [-0.05, 0) is 24.0 Å². The molecule has 0 aliphatic heterocycles. The van der Waals surface area contributed by atoms with Crippen LogP contribution < -0.4 is 0 Å². The molecule has 1 aromatic carbocycles. The summed E-state index contributed by atoms with van der Waals surface area (Å²) in [6.45, 7) is 2.08. The van der Waals surface area contributed by atoms with E-state index in [-0.39, 0.29) is 0 Å². The standard InChI is InChI=1S/C9H9NOS/c1-2-12-9-5-3-4-8(6-9)10-7-11/h3-6H,2H2,1H3. The molecule has 62 valence electrons. The average Bonchev–Trinajstić information content (AvgIpc) is 2.06. The summed E-state index contributed by atoms with van der Waals surface area (Å²) in [4.78, 5) is 14.6. The summed E-state index contributed by atoms with van der Waals surface area (Å²) in [6.07, 6.45) is 1.52. The van der Waals surface area contributed by atoms with Crippen molar-refractivity contribution in [1.29, 1.82) is 0 Å². The van der Waals surface area contributed by atoms with Gasteiger partial charge in [0.15, 0.2) is 0 Å². The van der Waals surface area contributed by atoms with Gasteiger partial charge in [-0.1, -0.05) is 13.0 Å². The summed E-state index contributed by atoms with van der Waals surface area (Å²) in [5.41, 5.74) is 0.670. The Labute approximate surface area is 75.7 Å². The van der Waals surface area contributed by atoms with Crippen LogP contribution in [0.25, 0.3) is 0 Å². The summed E-state index contributed by atoms with van der Waals surface area (Å²) in [6, 6.07) is 7.54. The van der Waals surface area contributed by atoms with Crippen molar-refractivity contribution in [3.63, 3.8) is 0 Å². The van der Waals surface area contributed by atoms with Gasteiger partial charge in [0, 0.05) is 4.90 Å². The highest BCUT2D eigenvalue weighted by molar-refractivity contribution is 7.99. The zero-order valence-corrected chi connectivity index (χ0v) is 7.60. The largest absolute Gasteiger partial charge is 0.240 e. The predicted molar refractivity (Wildman–Crippen MR) is 50.6 cm³/mol. The molecule has 0 aliphatic carbocycles. The predicted octanol–water partition coefficient (Wildman–Crippen LogP) is 2.77. The minimum absolute atomic E-state index is 0.670. The molecule has 0 saturated carbocycles. The van der Waals surface area contributed by atoms with Crippen molar-refractivity contribution in [2.24, 2.45) is 4.99 Å². The number of nitrogens with zero attached hydrogens (tertiary/aromatic N) is 1. The van der Waals surface area contributed by atoms with E-state index in [9.17, 15) is 4.79 Å². The Morgan fingerprint density at radius 2 is 2.42 bits per heavy atom. The Morgan fingerprint density at radius 1 is 1.58 bits per heavy atom. The lowest BCUT2D eigenvalue weighted by Gasteiger charge is -1.97. The zero-order chi connectivity index (χ0) is 8.81. The van der Waals surface area contributed by atoms with Gasteiger partial charge in [0.25, 0.3) is 0 Å². The molecule has 0 fully saturated rings. The molecule has 0 saturated heterocycles. The highest BCUT2D eigenvalue weighted by atomic mass is 32.2. The van der Waals surface area contributed by atoms with Gasteiger partial charge >= 0.3 is 0 Å². The van der Waals surface area contributed by atoms with Gasteiger partial charge < -0.3 is 0 Å². The fourth-order valence-electron chi connectivity index (χ4n) is 0.862. The van der Waals surface area contributed by atoms with Crippen LogP contribution in [-0.2, 0) is 4.79 Å². The lowest BCUT2D eigenvalue weighted by atomic mass is 10.3. The number of aliphatic imine (C=N–C) groups is 1. The third-order valence-electron chi connectivity index (χ3n) is 1.30. The number of thioether (sulfide) groups is 1. The van der Waals surface area contributed by atoms with E-state index < -0.39 is 0 Å². The van der Waals surface area contributed by atoms with Crippen molar-refractivity contribution in [3.8, 4) is 0 Å². The van der Waals surface area contributed by atoms with Crippen molar-refractivity contribution < 1.29 is 4.79 Å². The van der Waals surface area contributed by atoms with Gasteiger partial charge in [-0.3, -0.25) is 0 Å². The third kappa shape index (κ3) is 2.53. The lowest BCUT2D eigenvalue weighted by Crippen LogP contribution is -1.71. The Balaban J connectivity index is 2.87. The van der Waals surface area contributed by atoms with E-state index in [0.29, 0.717) is 5.69 Å². The molecule has 3 heteroatoms. The monoisotopic (exact) mass is 179 g/mol. The van der Waals surface area contributed by atoms with Crippen LogP contribution in [0.5, 0.6) is 0 Å². The first-order chi connectivity index (χ1) is 5.86. The third-order valence-corrected chi connectivity index (χ3v) is 2.18. The van der Waals surface area contributed by atoms with Gasteiger partial charge in [-0.25, -0.2) is 4.79 Å². The Bertz CT molecular complexity index is 305. The first-order valence-electron chi connectivity index (χ1n) is 3.67. The van der Waals surface area contributed by atoms with Crippen molar-refractivity contribution in [3.05, 3.63) is 24.3 Å². The first-order valence-corrected chi connectivity index (χ1v) is 4.66. The number of hydrogen-bond donors (Lipinski definition) is 0. The molecule has 0 aliphatic rings. The average molecular weight is 179 g/mol. The minimum Gasteiger partial charge on any atom is -0.211 e. The topological polar surface area (TPSA) is 29.4 Å². The molecular formula is C9H9NOS. The number of isocyanates is 1. The van der Waals surface area contributed by atoms with E-state index in [1.165, 1.54) is 6.08 Å². The molecule has 0 aromatic heterocycles. The van der Waals surface area contributed by atoms with Crippen LogP contribution in [0, 0.1) is 0 Å². The van der Waals surface area contributed by atoms with Gasteiger partial charge in [0.2, 0.25) is 6.08 Å². The maximum absolute atomic E-state index is 9.94. The van der Waals surface area contributed by atoms with Crippen LogP contribution >= 0.6 is 11.8 Å². The molecular weight excluding hydrogens is 170 g/mol. The quantitative estimate of drug-likeness (QED) is 0.405. The van der Waals surface area contributed by atoms with E-state index in [1.807, 2.05) is 18.2 Å². The Hall–Kier alpha value is -1.05. The second-order valence-electron chi connectivity index (χ2n) is 2.13. The lowest BCUT2D eigenvalue weighted by molar-refractivity contribution is 0.565. The second-order valence-corrected chi connectivity index (χ2v) is 3.47. The normalized spacial score (nSPS) is 9.08. The first kappa shape index (κ1) is 9.04. The van der Waals surface area contributed by atoms with Crippen LogP contribution in [0.15, 0.2) is 34.2 Å². The number of hydrogen-bond acceptors (Lipinski definition) is 3. The smallest absolute Gasteiger partial charge is 0.211 e. The van der Waals surface area contributed by atoms with Gasteiger partial charge in [0.05, 0.1) is 5.69 Å². The number of benzene rings is 1. The molecule has 0 amide bonds. The van der Waals surface area contributed by atoms with Gasteiger partial charge in [-0.15, -0.1) is 11.8 Å². The second kappa shape index (κ2) is 4.75. The summed E-state index contributed by atoms with van der Waals surface area (Å²) < 4.78 is 0. The molecule has 0 radical (unpaired) electrons. The van der Waals surface area contributed by atoms with Crippen molar-refractivity contribution in [1.82, 2.24) is 0 Å². The molecule has 0 N–H and O–H groups in total. The summed E-state index contributed by atoms with van der Waals surface area (Å²) in [5, 5.41) is 0. The molecule has 0 unspecified atom stereocenters. The Morgan fingerprint density at radius 3 is 3.08 bits per heavy atom. The van der Waals surface area contributed by atoms with E-state index in [2.05, 4.69) is 11.9 Å². The zero-order valence-electron chi connectivity index (χ0n) is 6.78. The fourth-order valence-corrected chi connectivity index (χ4v) is 1.57. The maximum atomic E-state index is 9.94. The maximum Gasteiger partial charge on any atom is 0.240 e. The van der Waals surface area contributed by atoms with Crippen molar-refractivity contribution in [2.45, 2.75) is 11.8 Å². The minimum atomic E-state index is 0.670. The van der Waals surface area contributed by atoms with Crippen LogP contribution in [0.3, 0.4) is 0 Å². The van der Waals surface area contributed by atoms with Crippen molar-refractivity contribution >= 4 is 23.5 Å². The van der Waals surface area contributed by atoms with Crippen LogP contribution in [0.1, 0.15) is 6.92 Å². The highest BCUT2D eigenvalue weighted by Crippen LogP contribution is 2.22. The highest BCUT2D eigenvalue weighted by Gasteiger charge is 1.92. The molecule has 0 bridgehead atoms. The molecule has 0 atom stereocenters. The van der Waals surface area contributed by atoms with E-state index in [0.717, 1.165) is 10.6 Å². The van der Waals surface area contributed by atoms with Crippen LogP contribution in [-0.4, -0.2) is 11.8 Å². The van der Waals surface area contributed by atoms with Gasteiger partial charge in [-0.2, -0.15) is 4.99 Å². The molecule has 1 aromatic rings. The Kier molecular flexibility index (Phi) is 3.58. The molecule has 0 heterocycles. The van der Waals surface area contributed by atoms with Crippen molar-refractivity contribution in [2.75, 3.05) is 5.75 Å². The van der Waals surface area contributed by atoms with E-state index in [4.69, 9.17) is 0 Å². The van der Waals surface area contributed by atoms with Gasteiger partial charge in [0.1, 0.15) is 0 Å². The van der Waals surface area contributed by atoms with Crippen LogP contribution in [0.2, 0.25) is 0 Å². The number of carbonyl (C=O) groups excluding carboxylic acids is 1. The SMILES string of the molecule is CCSc1cccc(N=C=O)c1.